The lowest BCUT2D eigenvalue weighted by Crippen LogP contribution is -2.46. The lowest BCUT2D eigenvalue weighted by Gasteiger charge is -2.37. The number of carbonyl (C=O) groups excluding carboxylic acids is 1. The zero-order chi connectivity index (χ0) is 18.1. The van der Waals surface area contributed by atoms with Crippen molar-refractivity contribution in [3.05, 3.63) is 29.3 Å². The summed E-state index contributed by atoms with van der Waals surface area (Å²) >= 11 is 0. The lowest BCUT2D eigenvalue weighted by molar-refractivity contribution is 0.0494. The molecule has 132 valence electrons. The number of benzene rings is 1. The fourth-order valence-electron chi connectivity index (χ4n) is 3.02. The molecular weight excluding hydrogens is 304 g/mol. The van der Waals surface area contributed by atoms with Gasteiger partial charge in [0.05, 0.1) is 11.6 Å². The molecule has 0 saturated heterocycles. The Hall–Kier alpha value is -2.04. The molecule has 1 aromatic carbocycles. The molecule has 1 aliphatic rings. The zero-order valence-corrected chi connectivity index (χ0v) is 15.7. The average Bonchev–Trinajstić information content (AvgIpc) is 2.33. The summed E-state index contributed by atoms with van der Waals surface area (Å²) in [4.78, 5) is 16.9. The molecule has 1 amide bonds. The van der Waals surface area contributed by atoms with Crippen molar-refractivity contribution in [3.8, 4) is 0 Å². The second kappa shape index (κ2) is 6.46. The normalized spacial score (nSPS) is 20.0. The number of rotatable bonds is 3. The van der Waals surface area contributed by atoms with Gasteiger partial charge in [0.1, 0.15) is 0 Å². The topological polar surface area (TPSA) is 59.9 Å². The number of ether oxygens (including phenoxy) is 2. The van der Waals surface area contributed by atoms with E-state index in [2.05, 4.69) is 30.2 Å². The van der Waals surface area contributed by atoms with E-state index in [9.17, 15) is 4.79 Å². The molecule has 0 spiro atoms. The average molecular weight is 332 g/mol. The first-order chi connectivity index (χ1) is 11.0. The Labute approximate surface area is 144 Å². The van der Waals surface area contributed by atoms with Gasteiger partial charge in [-0.1, -0.05) is 6.07 Å². The number of nitrogens with zero attached hydrogens (tertiary/aromatic N) is 1. The van der Waals surface area contributed by atoms with Crippen molar-refractivity contribution in [1.29, 1.82) is 0 Å². The maximum atomic E-state index is 12.3. The van der Waals surface area contributed by atoms with Crippen LogP contribution in [-0.2, 0) is 9.47 Å². The highest BCUT2D eigenvalue weighted by atomic mass is 16.6. The van der Waals surface area contributed by atoms with Gasteiger partial charge in [-0.15, -0.1) is 0 Å². The van der Waals surface area contributed by atoms with Gasteiger partial charge in [-0.2, -0.15) is 0 Å². The van der Waals surface area contributed by atoms with Crippen LogP contribution in [0.4, 0.5) is 10.5 Å². The van der Waals surface area contributed by atoms with E-state index in [4.69, 9.17) is 9.47 Å². The van der Waals surface area contributed by atoms with E-state index in [1.807, 2.05) is 32.9 Å². The van der Waals surface area contributed by atoms with Crippen LogP contribution in [0.3, 0.4) is 0 Å². The SMILES string of the molecule is Cc1cc(C)cc(NC(=O)OC(C)(C)C2=NC(C)(C)CC(C)O2)c1. The maximum absolute atomic E-state index is 12.3. The summed E-state index contributed by atoms with van der Waals surface area (Å²) in [6.07, 6.45) is 0.353. The molecule has 1 N–H and O–H groups in total. The summed E-state index contributed by atoms with van der Waals surface area (Å²) in [5, 5.41) is 2.78. The second-order valence-corrected chi connectivity index (χ2v) is 7.76. The van der Waals surface area contributed by atoms with Gasteiger partial charge in [0.25, 0.3) is 0 Å². The number of anilines is 1. The number of aryl methyl sites for hydroxylation is 2. The summed E-state index contributed by atoms with van der Waals surface area (Å²) in [5.74, 6) is 0.460. The standard InChI is InChI=1S/C19H28N2O3/c1-12-8-13(2)10-15(9-12)20-17(22)24-19(6,7)16-21-18(4,5)11-14(3)23-16/h8-10,14H,11H2,1-7H3,(H,20,22). The highest BCUT2D eigenvalue weighted by Crippen LogP contribution is 2.29. The van der Waals surface area contributed by atoms with Crippen molar-refractivity contribution < 1.29 is 14.3 Å². The summed E-state index contributed by atoms with van der Waals surface area (Å²) in [6.45, 7) is 13.7. The van der Waals surface area contributed by atoms with Crippen molar-refractivity contribution >= 4 is 17.7 Å². The van der Waals surface area contributed by atoms with E-state index in [-0.39, 0.29) is 11.6 Å². The van der Waals surface area contributed by atoms with Gasteiger partial charge in [-0.3, -0.25) is 5.32 Å². The smallest absolute Gasteiger partial charge is 0.412 e. The molecule has 2 rings (SSSR count). The number of hydrogen-bond acceptors (Lipinski definition) is 4. The van der Waals surface area contributed by atoms with Gasteiger partial charge in [0.15, 0.2) is 5.60 Å². The van der Waals surface area contributed by atoms with E-state index in [1.165, 1.54) is 0 Å². The molecule has 0 aliphatic carbocycles. The van der Waals surface area contributed by atoms with Gasteiger partial charge in [-0.25, -0.2) is 9.79 Å². The highest BCUT2D eigenvalue weighted by Gasteiger charge is 2.38. The van der Waals surface area contributed by atoms with Crippen LogP contribution >= 0.6 is 0 Å². The van der Waals surface area contributed by atoms with Gasteiger partial charge in [0, 0.05) is 12.1 Å². The van der Waals surface area contributed by atoms with Crippen LogP contribution in [-0.4, -0.2) is 29.2 Å². The second-order valence-electron chi connectivity index (χ2n) is 7.76. The highest BCUT2D eigenvalue weighted by molar-refractivity contribution is 5.91. The Morgan fingerprint density at radius 2 is 1.88 bits per heavy atom. The molecule has 0 aromatic heterocycles. The first-order valence-electron chi connectivity index (χ1n) is 8.32. The lowest BCUT2D eigenvalue weighted by atomic mass is 9.95. The predicted octanol–water partition coefficient (Wildman–Crippen LogP) is 4.62. The first kappa shape index (κ1) is 18.3. The molecule has 0 radical (unpaired) electrons. The van der Waals surface area contributed by atoms with Crippen molar-refractivity contribution in [3.63, 3.8) is 0 Å². The van der Waals surface area contributed by atoms with Crippen LogP contribution < -0.4 is 5.32 Å². The minimum absolute atomic E-state index is 0.0397. The fraction of sp³-hybridized carbons (Fsp3) is 0.579. The van der Waals surface area contributed by atoms with E-state index < -0.39 is 11.7 Å². The van der Waals surface area contributed by atoms with Gasteiger partial charge < -0.3 is 9.47 Å². The number of hydrogen-bond donors (Lipinski definition) is 1. The summed E-state index contributed by atoms with van der Waals surface area (Å²) < 4.78 is 11.4. The van der Waals surface area contributed by atoms with Crippen LogP contribution in [0.15, 0.2) is 23.2 Å². The largest absolute Gasteiger partial charge is 0.475 e. The van der Waals surface area contributed by atoms with Gasteiger partial charge in [0.2, 0.25) is 5.90 Å². The zero-order valence-electron chi connectivity index (χ0n) is 15.7. The maximum Gasteiger partial charge on any atom is 0.412 e. The Morgan fingerprint density at radius 3 is 2.42 bits per heavy atom. The van der Waals surface area contributed by atoms with Crippen LogP contribution in [0, 0.1) is 13.8 Å². The number of nitrogens with one attached hydrogen (secondary N) is 1. The first-order valence-corrected chi connectivity index (χ1v) is 8.32. The molecule has 5 heteroatoms. The monoisotopic (exact) mass is 332 g/mol. The van der Waals surface area contributed by atoms with Crippen molar-refractivity contribution in [1.82, 2.24) is 0 Å². The number of carbonyl (C=O) groups is 1. The molecule has 5 nitrogen and oxygen atoms in total. The van der Waals surface area contributed by atoms with E-state index in [0.29, 0.717) is 11.6 Å². The van der Waals surface area contributed by atoms with Crippen molar-refractivity contribution in [2.45, 2.75) is 72.1 Å². The molecule has 0 fully saturated rings. The van der Waals surface area contributed by atoms with E-state index >= 15 is 0 Å². The summed E-state index contributed by atoms with van der Waals surface area (Å²) in [7, 11) is 0. The summed E-state index contributed by atoms with van der Waals surface area (Å²) in [6, 6.07) is 5.86. The Morgan fingerprint density at radius 1 is 1.29 bits per heavy atom. The molecule has 1 atom stereocenters. The molecular formula is C19H28N2O3. The van der Waals surface area contributed by atoms with Crippen molar-refractivity contribution in [2.75, 3.05) is 5.32 Å². The molecule has 0 bridgehead atoms. The van der Waals surface area contributed by atoms with Gasteiger partial charge >= 0.3 is 6.09 Å². The van der Waals surface area contributed by atoms with Crippen LogP contribution in [0.5, 0.6) is 0 Å². The fourth-order valence-corrected chi connectivity index (χ4v) is 3.02. The number of amides is 1. The third kappa shape index (κ3) is 4.73. The minimum Gasteiger partial charge on any atom is -0.475 e. The van der Waals surface area contributed by atoms with Crippen LogP contribution in [0.25, 0.3) is 0 Å². The third-order valence-corrected chi connectivity index (χ3v) is 3.83. The predicted molar refractivity (Wildman–Crippen MR) is 96.8 cm³/mol. The Balaban J connectivity index is 2.10. The molecule has 1 unspecified atom stereocenters. The van der Waals surface area contributed by atoms with Crippen LogP contribution in [0.2, 0.25) is 0 Å². The van der Waals surface area contributed by atoms with E-state index in [1.54, 1.807) is 13.8 Å². The summed E-state index contributed by atoms with van der Waals surface area (Å²) in [5.41, 5.74) is 1.72. The molecule has 1 aliphatic heterocycles. The molecule has 0 saturated carbocycles. The minimum atomic E-state index is -0.936. The molecule has 1 aromatic rings. The number of aliphatic imine (C=N–C) groups is 1. The molecule has 1 heterocycles. The Bertz CT molecular complexity index is 642. The van der Waals surface area contributed by atoms with Crippen LogP contribution in [0.1, 0.15) is 52.2 Å². The Kier molecular flexibility index (Phi) is 4.92. The third-order valence-electron chi connectivity index (χ3n) is 3.83. The molecule has 24 heavy (non-hydrogen) atoms. The van der Waals surface area contributed by atoms with Crippen molar-refractivity contribution in [2.24, 2.45) is 4.99 Å². The van der Waals surface area contributed by atoms with Gasteiger partial charge in [-0.05, 0) is 71.7 Å². The quantitative estimate of drug-likeness (QED) is 0.879. The van der Waals surface area contributed by atoms with E-state index in [0.717, 1.165) is 17.5 Å².